The van der Waals surface area contributed by atoms with E-state index in [1.165, 1.54) is 19.1 Å². The van der Waals surface area contributed by atoms with Gasteiger partial charge in [0.1, 0.15) is 5.75 Å². The molecule has 0 aliphatic rings. The zero-order chi connectivity index (χ0) is 17.9. The van der Waals surface area contributed by atoms with Crippen molar-refractivity contribution in [3.05, 3.63) is 60.2 Å². The lowest BCUT2D eigenvalue weighted by Crippen LogP contribution is -2.30. The highest BCUT2D eigenvalue weighted by Gasteiger charge is 2.07. The Hall–Kier alpha value is -2.53. The average Bonchev–Trinajstić information content (AvgIpc) is 2.66. The number of amides is 2. The van der Waals surface area contributed by atoms with Crippen LogP contribution in [0, 0.1) is 0 Å². The SMILES string of the molecule is CON(C)C(=O)Nc1ccc(OCCCCCc2ccccc2)cc1. The molecule has 2 aromatic carbocycles. The van der Waals surface area contributed by atoms with Crippen LogP contribution in [0.15, 0.2) is 54.6 Å². The molecule has 1 N–H and O–H groups in total. The Labute approximate surface area is 149 Å². The number of ether oxygens (including phenoxy) is 1. The number of hydrogen-bond acceptors (Lipinski definition) is 3. The van der Waals surface area contributed by atoms with Crippen LogP contribution in [0.3, 0.4) is 0 Å². The van der Waals surface area contributed by atoms with Crippen molar-refractivity contribution in [3.8, 4) is 5.75 Å². The van der Waals surface area contributed by atoms with Crippen molar-refractivity contribution in [2.75, 3.05) is 26.1 Å². The van der Waals surface area contributed by atoms with Gasteiger partial charge in [-0.3, -0.25) is 4.84 Å². The molecule has 0 atom stereocenters. The number of carbonyl (C=O) groups is 1. The third-order valence-corrected chi connectivity index (χ3v) is 3.89. The van der Waals surface area contributed by atoms with Crippen molar-refractivity contribution < 1.29 is 14.4 Å². The summed E-state index contributed by atoms with van der Waals surface area (Å²) >= 11 is 0. The molecule has 2 rings (SSSR count). The van der Waals surface area contributed by atoms with E-state index in [-0.39, 0.29) is 6.03 Å². The van der Waals surface area contributed by atoms with Gasteiger partial charge in [-0.2, -0.15) is 0 Å². The number of nitrogens with one attached hydrogen (secondary N) is 1. The van der Waals surface area contributed by atoms with Gasteiger partial charge >= 0.3 is 6.03 Å². The van der Waals surface area contributed by atoms with Crippen LogP contribution in [-0.2, 0) is 11.3 Å². The lowest BCUT2D eigenvalue weighted by Gasteiger charge is -2.14. The Morgan fingerprint density at radius 3 is 2.40 bits per heavy atom. The monoisotopic (exact) mass is 342 g/mol. The summed E-state index contributed by atoms with van der Waals surface area (Å²) in [6.07, 6.45) is 4.47. The molecule has 0 spiro atoms. The number of hydroxylamine groups is 2. The molecule has 134 valence electrons. The van der Waals surface area contributed by atoms with E-state index < -0.39 is 0 Å². The number of rotatable bonds is 9. The van der Waals surface area contributed by atoms with Gasteiger partial charge in [0, 0.05) is 12.7 Å². The standard InChI is InChI=1S/C20H26N2O3/c1-22(24-2)20(23)21-18-12-14-19(15-13-18)25-16-8-4-7-11-17-9-5-3-6-10-17/h3,5-6,9-10,12-15H,4,7-8,11,16H2,1-2H3,(H,21,23). The Morgan fingerprint density at radius 2 is 1.72 bits per heavy atom. The molecule has 0 aromatic heterocycles. The predicted molar refractivity (Wildman–Crippen MR) is 99.7 cm³/mol. The highest BCUT2D eigenvalue weighted by atomic mass is 16.7. The fourth-order valence-electron chi connectivity index (χ4n) is 2.36. The second-order valence-corrected chi connectivity index (χ2v) is 5.78. The van der Waals surface area contributed by atoms with Crippen molar-refractivity contribution in [1.29, 1.82) is 0 Å². The molecule has 5 nitrogen and oxygen atoms in total. The first kappa shape index (κ1) is 18.8. The van der Waals surface area contributed by atoms with Crippen molar-refractivity contribution in [1.82, 2.24) is 5.06 Å². The molecule has 5 heteroatoms. The summed E-state index contributed by atoms with van der Waals surface area (Å²) in [7, 11) is 2.99. The molecule has 0 unspecified atom stereocenters. The van der Waals surface area contributed by atoms with E-state index >= 15 is 0 Å². The van der Waals surface area contributed by atoms with Crippen molar-refractivity contribution in [2.45, 2.75) is 25.7 Å². The second-order valence-electron chi connectivity index (χ2n) is 5.78. The maximum Gasteiger partial charge on any atom is 0.345 e. The van der Waals surface area contributed by atoms with Gasteiger partial charge in [-0.05, 0) is 55.5 Å². The molecule has 2 aromatic rings. The van der Waals surface area contributed by atoms with Crippen LogP contribution < -0.4 is 10.1 Å². The minimum absolute atomic E-state index is 0.324. The lowest BCUT2D eigenvalue weighted by atomic mass is 10.1. The minimum Gasteiger partial charge on any atom is -0.494 e. The maximum absolute atomic E-state index is 11.7. The third-order valence-electron chi connectivity index (χ3n) is 3.89. The molecule has 0 aliphatic carbocycles. The second kappa shape index (κ2) is 10.4. The Bertz CT molecular complexity index is 629. The molecule has 2 amide bonds. The average molecular weight is 342 g/mol. The van der Waals surface area contributed by atoms with Crippen LogP contribution in [0.1, 0.15) is 24.8 Å². The fraction of sp³-hybridized carbons (Fsp3) is 0.350. The lowest BCUT2D eigenvalue weighted by molar-refractivity contribution is -0.0598. The summed E-state index contributed by atoms with van der Waals surface area (Å²) in [6.45, 7) is 0.701. The number of unbranched alkanes of at least 4 members (excludes halogenated alkanes) is 2. The van der Waals surface area contributed by atoms with E-state index in [2.05, 4.69) is 29.6 Å². The molecule has 0 fully saturated rings. The van der Waals surface area contributed by atoms with Crippen LogP contribution in [0.25, 0.3) is 0 Å². The van der Waals surface area contributed by atoms with Crippen LogP contribution in [0.4, 0.5) is 10.5 Å². The molecular weight excluding hydrogens is 316 g/mol. The highest BCUT2D eigenvalue weighted by Crippen LogP contribution is 2.16. The van der Waals surface area contributed by atoms with E-state index in [0.29, 0.717) is 12.3 Å². The van der Waals surface area contributed by atoms with Gasteiger partial charge in [0.15, 0.2) is 0 Å². The number of carbonyl (C=O) groups excluding carboxylic acids is 1. The number of urea groups is 1. The van der Waals surface area contributed by atoms with E-state index in [4.69, 9.17) is 9.57 Å². The molecule has 0 aliphatic heterocycles. The first-order valence-corrected chi connectivity index (χ1v) is 8.54. The van der Waals surface area contributed by atoms with E-state index in [1.807, 2.05) is 30.3 Å². The van der Waals surface area contributed by atoms with Crippen LogP contribution >= 0.6 is 0 Å². The molecular formula is C20H26N2O3. The predicted octanol–water partition coefficient (Wildman–Crippen LogP) is 4.50. The van der Waals surface area contributed by atoms with Crippen molar-refractivity contribution in [3.63, 3.8) is 0 Å². The van der Waals surface area contributed by atoms with Gasteiger partial charge in [-0.25, -0.2) is 9.86 Å². The van der Waals surface area contributed by atoms with Crippen LogP contribution in [0.2, 0.25) is 0 Å². The first-order chi connectivity index (χ1) is 12.2. The minimum atomic E-state index is -0.324. The van der Waals surface area contributed by atoms with Crippen LogP contribution in [0.5, 0.6) is 5.75 Å². The molecule has 0 bridgehead atoms. The van der Waals surface area contributed by atoms with Gasteiger partial charge in [-0.15, -0.1) is 0 Å². The first-order valence-electron chi connectivity index (χ1n) is 8.54. The summed E-state index contributed by atoms with van der Waals surface area (Å²) in [5, 5.41) is 3.85. The summed E-state index contributed by atoms with van der Waals surface area (Å²) in [4.78, 5) is 16.5. The Balaban J connectivity index is 1.62. The van der Waals surface area contributed by atoms with Gasteiger partial charge in [-0.1, -0.05) is 30.3 Å². The summed E-state index contributed by atoms with van der Waals surface area (Å²) in [5.74, 6) is 0.807. The van der Waals surface area contributed by atoms with Gasteiger partial charge < -0.3 is 10.1 Å². The highest BCUT2D eigenvalue weighted by molar-refractivity contribution is 5.88. The number of anilines is 1. The molecule has 0 heterocycles. The zero-order valence-electron chi connectivity index (χ0n) is 14.9. The number of hydrogen-bond donors (Lipinski definition) is 1. The summed E-state index contributed by atoms with van der Waals surface area (Å²) in [6, 6.07) is 17.5. The van der Waals surface area contributed by atoms with E-state index in [0.717, 1.165) is 30.1 Å². The Kier molecular flexibility index (Phi) is 7.79. The zero-order valence-corrected chi connectivity index (χ0v) is 14.9. The fourth-order valence-corrected chi connectivity index (χ4v) is 2.36. The molecule has 0 saturated heterocycles. The van der Waals surface area contributed by atoms with Gasteiger partial charge in [0.05, 0.1) is 13.7 Å². The van der Waals surface area contributed by atoms with E-state index in [9.17, 15) is 4.79 Å². The Morgan fingerprint density at radius 1 is 1.00 bits per heavy atom. The normalized spacial score (nSPS) is 10.3. The topological polar surface area (TPSA) is 50.8 Å². The van der Waals surface area contributed by atoms with Crippen molar-refractivity contribution in [2.24, 2.45) is 0 Å². The molecule has 25 heavy (non-hydrogen) atoms. The largest absolute Gasteiger partial charge is 0.494 e. The number of aryl methyl sites for hydroxylation is 1. The smallest absolute Gasteiger partial charge is 0.345 e. The quantitative estimate of drug-likeness (QED) is 0.539. The number of benzene rings is 2. The summed E-state index contributed by atoms with van der Waals surface area (Å²) in [5.41, 5.74) is 2.09. The maximum atomic E-state index is 11.7. The van der Waals surface area contributed by atoms with Gasteiger partial charge in [0.25, 0.3) is 0 Å². The number of nitrogens with zero attached hydrogens (tertiary/aromatic N) is 1. The van der Waals surface area contributed by atoms with Gasteiger partial charge in [0.2, 0.25) is 0 Å². The summed E-state index contributed by atoms with van der Waals surface area (Å²) < 4.78 is 5.74. The van der Waals surface area contributed by atoms with E-state index in [1.54, 1.807) is 7.05 Å². The van der Waals surface area contributed by atoms with Crippen LogP contribution in [-0.4, -0.2) is 31.9 Å². The molecule has 0 radical (unpaired) electrons. The van der Waals surface area contributed by atoms with Crippen molar-refractivity contribution >= 4 is 11.7 Å². The molecule has 0 saturated carbocycles. The third kappa shape index (κ3) is 6.85.